The van der Waals surface area contributed by atoms with Gasteiger partial charge in [0.1, 0.15) is 11.6 Å². The molecular weight excluding hydrogens is 342 g/mol. The molecule has 5 nitrogen and oxygen atoms in total. The summed E-state index contributed by atoms with van der Waals surface area (Å²) >= 11 is 0. The monoisotopic (exact) mass is 364 g/mol. The van der Waals surface area contributed by atoms with E-state index in [1.807, 2.05) is 43.3 Å². The quantitative estimate of drug-likeness (QED) is 0.450. The number of hydrogen-bond acceptors (Lipinski definition) is 4. The third kappa shape index (κ3) is 4.63. The summed E-state index contributed by atoms with van der Waals surface area (Å²) in [5.41, 5.74) is 2.62. The molecule has 7 heteroatoms. The Hall–Kier alpha value is -2.35. The van der Waals surface area contributed by atoms with E-state index in [1.165, 1.54) is 5.48 Å². The molecule has 1 amide bonds. The van der Waals surface area contributed by atoms with E-state index < -0.39 is 24.0 Å². The first-order chi connectivity index (χ1) is 12.3. The van der Waals surface area contributed by atoms with Crippen LogP contribution in [-0.4, -0.2) is 34.3 Å². The average Bonchev–Trinajstić information content (AvgIpc) is 2.62. The van der Waals surface area contributed by atoms with Gasteiger partial charge in [-0.3, -0.25) is 15.3 Å². The molecule has 2 aromatic rings. The fourth-order valence-electron chi connectivity index (χ4n) is 2.54. The predicted molar refractivity (Wildman–Crippen MR) is 93.8 cm³/mol. The van der Waals surface area contributed by atoms with Crippen molar-refractivity contribution >= 4 is 5.91 Å². The number of rotatable bonds is 7. The van der Waals surface area contributed by atoms with Crippen LogP contribution < -0.4 is 10.8 Å². The molecule has 4 N–H and O–H groups in total. The van der Waals surface area contributed by atoms with Crippen LogP contribution in [0.3, 0.4) is 0 Å². The molecule has 140 valence electrons. The van der Waals surface area contributed by atoms with Crippen LogP contribution in [0.2, 0.25) is 0 Å². The van der Waals surface area contributed by atoms with Crippen LogP contribution in [-0.2, 0) is 11.3 Å². The van der Waals surface area contributed by atoms with E-state index in [2.05, 4.69) is 5.32 Å². The van der Waals surface area contributed by atoms with Crippen LogP contribution in [0.4, 0.5) is 8.78 Å². The van der Waals surface area contributed by atoms with Gasteiger partial charge in [0, 0.05) is 6.54 Å². The first-order valence-electron chi connectivity index (χ1n) is 8.09. The number of alkyl halides is 2. The fraction of sp³-hybridized carbons (Fsp3) is 0.316. The highest BCUT2D eigenvalue weighted by Gasteiger charge is 2.44. The van der Waals surface area contributed by atoms with Gasteiger partial charge in [-0.25, -0.2) is 14.3 Å². The van der Waals surface area contributed by atoms with Gasteiger partial charge < -0.3 is 5.11 Å². The molecule has 0 aromatic heterocycles. The minimum atomic E-state index is -3.17. The summed E-state index contributed by atoms with van der Waals surface area (Å²) in [6.07, 6.45) is -3.17. The molecule has 2 unspecified atom stereocenters. The van der Waals surface area contributed by atoms with Crippen LogP contribution >= 0.6 is 0 Å². The Bertz CT molecular complexity index is 731. The van der Waals surface area contributed by atoms with Crippen molar-refractivity contribution in [3.63, 3.8) is 0 Å². The highest BCUT2D eigenvalue weighted by Crippen LogP contribution is 2.22. The van der Waals surface area contributed by atoms with Crippen LogP contribution in [0.25, 0.3) is 11.1 Å². The van der Waals surface area contributed by atoms with E-state index >= 15 is 0 Å². The van der Waals surface area contributed by atoms with Crippen molar-refractivity contribution in [3.8, 4) is 11.1 Å². The van der Waals surface area contributed by atoms with Gasteiger partial charge in [0.2, 0.25) is 0 Å². The van der Waals surface area contributed by atoms with Gasteiger partial charge in [0.05, 0.1) is 0 Å². The van der Waals surface area contributed by atoms with E-state index in [9.17, 15) is 18.7 Å². The van der Waals surface area contributed by atoms with Crippen molar-refractivity contribution in [1.29, 1.82) is 0 Å². The molecule has 0 saturated heterocycles. The smallest absolute Gasteiger partial charge is 0.268 e. The van der Waals surface area contributed by atoms with E-state index in [1.54, 1.807) is 12.1 Å². The normalized spacial score (nSPS) is 14.7. The third-order valence-electron chi connectivity index (χ3n) is 4.25. The number of hydrogen-bond donors (Lipinski definition) is 4. The maximum atomic E-state index is 13.0. The molecule has 2 rings (SSSR count). The predicted octanol–water partition coefficient (Wildman–Crippen LogP) is 2.64. The summed E-state index contributed by atoms with van der Waals surface area (Å²) in [4.78, 5) is 11.6. The van der Waals surface area contributed by atoms with Gasteiger partial charge in [0.25, 0.3) is 12.3 Å². The lowest BCUT2D eigenvalue weighted by Crippen LogP contribution is -2.60. The molecule has 0 aliphatic carbocycles. The number of aryl methyl sites for hydroxylation is 1. The summed E-state index contributed by atoms with van der Waals surface area (Å²) < 4.78 is 26.0. The number of amides is 1. The van der Waals surface area contributed by atoms with Crippen molar-refractivity contribution in [2.24, 2.45) is 0 Å². The Morgan fingerprint density at radius 1 is 1.08 bits per heavy atom. The zero-order valence-corrected chi connectivity index (χ0v) is 14.5. The second-order valence-corrected chi connectivity index (χ2v) is 6.38. The van der Waals surface area contributed by atoms with Gasteiger partial charge >= 0.3 is 0 Å². The van der Waals surface area contributed by atoms with Crippen molar-refractivity contribution in [2.75, 3.05) is 0 Å². The highest BCUT2D eigenvalue weighted by atomic mass is 19.3. The summed E-state index contributed by atoms with van der Waals surface area (Å²) in [5, 5.41) is 21.2. The standard InChI is InChI=1S/C19H22F2N2O3/c1-12-3-7-14(8-4-12)15-9-5-13(6-10-15)11-22-16(17(24)23-26)19(2,25)18(20)21/h3-10,16,18,22,25-26H,11H2,1-2H3,(H,23,24). The van der Waals surface area contributed by atoms with Gasteiger partial charge in [-0.15, -0.1) is 0 Å². The van der Waals surface area contributed by atoms with Gasteiger partial charge in [0.15, 0.2) is 0 Å². The second kappa shape index (κ2) is 8.35. The highest BCUT2D eigenvalue weighted by molar-refractivity contribution is 5.82. The Balaban J connectivity index is 2.09. The minimum absolute atomic E-state index is 0.0646. The lowest BCUT2D eigenvalue weighted by Gasteiger charge is -2.31. The Labute approximate surface area is 150 Å². The molecule has 0 spiro atoms. The lowest BCUT2D eigenvalue weighted by molar-refractivity contribution is -0.150. The Morgan fingerprint density at radius 2 is 1.58 bits per heavy atom. The van der Waals surface area contributed by atoms with Crippen LogP contribution in [0.5, 0.6) is 0 Å². The maximum absolute atomic E-state index is 13.0. The molecule has 26 heavy (non-hydrogen) atoms. The molecule has 2 atom stereocenters. The molecular formula is C19H22F2N2O3. The topological polar surface area (TPSA) is 81.6 Å². The van der Waals surface area contributed by atoms with Gasteiger partial charge in [-0.2, -0.15) is 0 Å². The van der Waals surface area contributed by atoms with E-state index in [0.717, 1.165) is 29.2 Å². The SMILES string of the molecule is Cc1ccc(-c2ccc(CNC(C(=O)NO)C(C)(O)C(F)F)cc2)cc1. The number of hydroxylamine groups is 1. The molecule has 0 heterocycles. The minimum Gasteiger partial charge on any atom is -0.382 e. The van der Waals surface area contributed by atoms with Crippen LogP contribution in [0.1, 0.15) is 18.1 Å². The maximum Gasteiger partial charge on any atom is 0.268 e. The average molecular weight is 364 g/mol. The first-order valence-corrected chi connectivity index (χ1v) is 8.09. The largest absolute Gasteiger partial charge is 0.382 e. The molecule has 0 radical (unpaired) electrons. The van der Waals surface area contributed by atoms with E-state index in [-0.39, 0.29) is 6.54 Å². The van der Waals surface area contributed by atoms with Crippen LogP contribution in [0, 0.1) is 6.92 Å². The fourth-order valence-corrected chi connectivity index (χ4v) is 2.54. The molecule has 0 aliphatic rings. The van der Waals surface area contributed by atoms with E-state index in [0.29, 0.717) is 0 Å². The van der Waals surface area contributed by atoms with Gasteiger partial charge in [-0.1, -0.05) is 54.1 Å². The zero-order valence-electron chi connectivity index (χ0n) is 14.5. The molecule has 0 aliphatic heterocycles. The number of carbonyl (C=O) groups is 1. The second-order valence-electron chi connectivity index (χ2n) is 6.38. The number of halogens is 2. The summed E-state index contributed by atoms with van der Waals surface area (Å²) in [6, 6.07) is 13.7. The van der Waals surface area contributed by atoms with Crippen LogP contribution in [0.15, 0.2) is 48.5 Å². The first kappa shape index (κ1) is 20.0. The Morgan fingerprint density at radius 3 is 2.04 bits per heavy atom. The molecule has 0 saturated carbocycles. The summed E-state index contributed by atoms with van der Waals surface area (Å²) in [5.74, 6) is -1.13. The summed E-state index contributed by atoms with van der Waals surface area (Å²) in [7, 11) is 0. The number of nitrogens with one attached hydrogen (secondary N) is 2. The van der Waals surface area contributed by atoms with Crippen molar-refractivity contribution in [3.05, 3.63) is 59.7 Å². The van der Waals surface area contributed by atoms with E-state index in [4.69, 9.17) is 5.21 Å². The molecule has 2 aromatic carbocycles. The number of benzene rings is 2. The van der Waals surface area contributed by atoms with Crippen molar-refractivity contribution < 1.29 is 23.9 Å². The Kier molecular flexibility index (Phi) is 6.42. The van der Waals surface area contributed by atoms with Crippen molar-refractivity contribution in [2.45, 2.75) is 38.5 Å². The zero-order chi connectivity index (χ0) is 19.3. The molecule has 0 bridgehead atoms. The van der Waals surface area contributed by atoms with Gasteiger partial charge in [-0.05, 0) is 30.5 Å². The molecule has 0 fully saturated rings. The third-order valence-corrected chi connectivity index (χ3v) is 4.25. The van der Waals surface area contributed by atoms with Crippen molar-refractivity contribution in [1.82, 2.24) is 10.8 Å². The lowest BCUT2D eigenvalue weighted by atomic mass is 9.95. The summed E-state index contributed by atoms with van der Waals surface area (Å²) in [6.45, 7) is 2.91. The number of carbonyl (C=O) groups excluding carboxylic acids is 1. The number of aliphatic hydroxyl groups is 1.